The lowest BCUT2D eigenvalue weighted by atomic mass is 10.0. The third-order valence-corrected chi connectivity index (χ3v) is 6.38. The van der Waals surface area contributed by atoms with Crippen LogP contribution in [0.2, 0.25) is 5.02 Å². The SMILES string of the molecule is O=C1NC(=Nc2ccc(F)cc2)S/C1=C\c1c(OCc2ccc(Cl)cc2)ccc2ccccc12. The quantitative estimate of drug-likeness (QED) is 0.305. The molecule has 0 unspecified atom stereocenters. The smallest absolute Gasteiger partial charge is 0.264 e. The van der Waals surface area contributed by atoms with Crippen LogP contribution in [0.3, 0.4) is 0 Å². The minimum absolute atomic E-state index is 0.248. The Balaban J connectivity index is 1.47. The highest BCUT2D eigenvalue weighted by atomic mass is 35.5. The Morgan fingerprint density at radius 2 is 1.74 bits per heavy atom. The van der Waals surface area contributed by atoms with Crippen LogP contribution >= 0.6 is 23.4 Å². The second-order valence-electron chi connectivity index (χ2n) is 7.57. The summed E-state index contributed by atoms with van der Waals surface area (Å²) in [5.41, 5.74) is 2.35. The van der Waals surface area contributed by atoms with Crippen molar-refractivity contribution in [1.29, 1.82) is 0 Å². The van der Waals surface area contributed by atoms with E-state index in [0.717, 1.165) is 21.9 Å². The molecule has 1 aliphatic rings. The van der Waals surface area contributed by atoms with Gasteiger partial charge in [-0.3, -0.25) is 4.79 Å². The molecule has 34 heavy (non-hydrogen) atoms. The van der Waals surface area contributed by atoms with Crippen molar-refractivity contribution in [2.24, 2.45) is 4.99 Å². The summed E-state index contributed by atoms with van der Waals surface area (Å²) in [7, 11) is 0. The summed E-state index contributed by atoms with van der Waals surface area (Å²) in [6.45, 7) is 0.363. The van der Waals surface area contributed by atoms with Gasteiger partial charge in [0, 0.05) is 10.6 Å². The molecule has 0 atom stereocenters. The maximum Gasteiger partial charge on any atom is 0.264 e. The van der Waals surface area contributed by atoms with E-state index >= 15 is 0 Å². The number of benzene rings is 4. The van der Waals surface area contributed by atoms with Crippen LogP contribution in [0.4, 0.5) is 10.1 Å². The lowest BCUT2D eigenvalue weighted by Gasteiger charge is -2.13. The highest BCUT2D eigenvalue weighted by Gasteiger charge is 2.25. The van der Waals surface area contributed by atoms with E-state index in [9.17, 15) is 9.18 Å². The molecule has 0 radical (unpaired) electrons. The number of carbonyl (C=O) groups is 1. The van der Waals surface area contributed by atoms with Crippen LogP contribution in [-0.4, -0.2) is 11.1 Å². The van der Waals surface area contributed by atoms with Gasteiger partial charge in [-0.15, -0.1) is 0 Å². The van der Waals surface area contributed by atoms with Gasteiger partial charge in [0.15, 0.2) is 5.17 Å². The van der Waals surface area contributed by atoms with Gasteiger partial charge < -0.3 is 10.1 Å². The number of ether oxygens (including phenoxy) is 1. The van der Waals surface area contributed by atoms with Gasteiger partial charge in [-0.1, -0.05) is 54.1 Å². The van der Waals surface area contributed by atoms with E-state index in [1.807, 2.05) is 66.7 Å². The third kappa shape index (κ3) is 4.98. The molecule has 7 heteroatoms. The summed E-state index contributed by atoms with van der Waals surface area (Å²) >= 11 is 7.22. The maximum atomic E-state index is 13.2. The monoisotopic (exact) mass is 488 g/mol. The van der Waals surface area contributed by atoms with E-state index < -0.39 is 0 Å². The minimum atomic E-state index is -0.338. The van der Waals surface area contributed by atoms with Crippen LogP contribution < -0.4 is 10.1 Å². The largest absolute Gasteiger partial charge is 0.488 e. The number of nitrogens with zero attached hydrogens (tertiary/aromatic N) is 1. The Labute approximate surface area is 205 Å². The fourth-order valence-electron chi connectivity index (χ4n) is 3.54. The zero-order valence-corrected chi connectivity index (χ0v) is 19.4. The Morgan fingerprint density at radius 3 is 2.53 bits per heavy atom. The molecular weight excluding hydrogens is 471 g/mol. The number of hydrogen-bond donors (Lipinski definition) is 1. The van der Waals surface area contributed by atoms with Gasteiger partial charge in [0.2, 0.25) is 0 Å². The number of carbonyl (C=O) groups excluding carboxylic acids is 1. The maximum absolute atomic E-state index is 13.2. The average Bonchev–Trinajstić information content (AvgIpc) is 3.19. The van der Waals surface area contributed by atoms with E-state index in [1.54, 1.807) is 12.1 Å². The van der Waals surface area contributed by atoms with Crippen LogP contribution in [0.15, 0.2) is 94.8 Å². The molecule has 4 nitrogen and oxygen atoms in total. The molecular formula is C27H18ClFN2O2S. The summed E-state index contributed by atoms with van der Waals surface area (Å²) < 4.78 is 19.3. The molecule has 0 aromatic heterocycles. The number of hydrogen-bond acceptors (Lipinski definition) is 4. The minimum Gasteiger partial charge on any atom is -0.488 e. The second-order valence-corrected chi connectivity index (χ2v) is 9.04. The molecule has 1 aliphatic heterocycles. The van der Waals surface area contributed by atoms with Gasteiger partial charge in [-0.25, -0.2) is 9.38 Å². The first kappa shape index (κ1) is 22.2. The van der Waals surface area contributed by atoms with E-state index in [2.05, 4.69) is 10.3 Å². The van der Waals surface area contributed by atoms with Crippen molar-refractivity contribution in [2.45, 2.75) is 6.61 Å². The van der Waals surface area contributed by atoms with Crippen molar-refractivity contribution < 1.29 is 13.9 Å². The number of thioether (sulfide) groups is 1. The number of amidine groups is 1. The average molecular weight is 489 g/mol. The van der Waals surface area contributed by atoms with Crippen LogP contribution in [0.5, 0.6) is 5.75 Å². The molecule has 0 bridgehead atoms. The van der Waals surface area contributed by atoms with Gasteiger partial charge in [0.05, 0.1) is 10.6 Å². The number of aliphatic imine (C=N–C) groups is 1. The number of nitrogens with one attached hydrogen (secondary N) is 1. The molecule has 4 aromatic carbocycles. The van der Waals surface area contributed by atoms with Crippen molar-refractivity contribution in [1.82, 2.24) is 5.32 Å². The van der Waals surface area contributed by atoms with Crippen molar-refractivity contribution in [3.8, 4) is 5.75 Å². The van der Waals surface area contributed by atoms with E-state index in [4.69, 9.17) is 16.3 Å². The Bertz CT molecular complexity index is 1430. The van der Waals surface area contributed by atoms with Crippen LogP contribution in [0.25, 0.3) is 16.8 Å². The van der Waals surface area contributed by atoms with Gasteiger partial charge >= 0.3 is 0 Å². The van der Waals surface area contributed by atoms with Gasteiger partial charge in [-0.2, -0.15) is 0 Å². The standard InChI is InChI=1S/C27H18ClFN2O2S/c28-19-8-5-17(6-9-19)16-33-24-14-7-18-3-1-2-4-22(18)23(24)15-25-26(32)31-27(34-25)30-21-12-10-20(29)11-13-21/h1-15H,16H2,(H,30,31,32)/b25-15-. The molecule has 1 N–H and O–H groups in total. The first-order valence-corrected chi connectivity index (χ1v) is 11.7. The molecule has 1 amide bonds. The third-order valence-electron chi connectivity index (χ3n) is 5.22. The predicted octanol–water partition coefficient (Wildman–Crippen LogP) is 7.10. The fraction of sp³-hybridized carbons (Fsp3) is 0.0370. The first-order valence-electron chi connectivity index (χ1n) is 10.5. The summed E-state index contributed by atoms with van der Waals surface area (Å²) in [6.07, 6.45) is 1.83. The first-order chi connectivity index (χ1) is 16.5. The van der Waals surface area contributed by atoms with Crippen molar-refractivity contribution >= 4 is 57.0 Å². The van der Waals surface area contributed by atoms with Crippen molar-refractivity contribution in [2.75, 3.05) is 0 Å². The lowest BCUT2D eigenvalue weighted by Crippen LogP contribution is -2.19. The number of fused-ring (bicyclic) bond motifs is 1. The normalized spacial score (nSPS) is 15.8. The second kappa shape index (κ2) is 9.71. The number of rotatable bonds is 5. The lowest BCUT2D eigenvalue weighted by molar-refractivity contribution is -0.115. The van der Waals surface area contributed by atoms with Crippen molar-refractivity contribution in [3.63, 3.8) is 0 Å². The molecule has 0 aliphatic carbocycles. The molecule has 1 fully saturated rings. The van der Waals surface area contributed by atoms with E-state index in [1.165, 1.54) is 23.9 Å². The molecule has 0 saturated carbocycles. The summed E-state index contributed by atoms with van der Waals surface area (Å²) in [4.78, 5) is 17.6. The van der Waals surface area contributed by atoms with E-state index in [-0.39, 0.29) is 11.7 Å². The van der Waals surface area contributed by atoms with Crippen molar-refractivity contribution in [3.05, 3.63) is 112 Å². The summed E-state index contributed by atoms with van der Waals surface area (Å²) in [5, 5.41) is 5.89. The summed E-state index contributed by atoms with van der Waals surface area (Å²) in [5.74, 6) is 0.0793. The highest BCUT2D eigenvalue weighted by molar-refractivity contribution is 8.18. The molecule has 4 aromatic rings. The topological polar surface area (TPSA) is 50.7 Å². The zero-order chi connectivity index (χ0) is 23.5. The van der Waals surface area contributed by atoms with E-state index in [0.29, 0.717) is 33.1 Å². The van der Waals surface area contributed by atoms with Gasteiger partial charge in [0.1, 0.15) is 18.2 Å². The van der Waals surface area contributed by atoms with Gasteiger partial charge in [0.25, 0.3) is 5.91 Å². The number of halogens is 2. The summed E-state index contributed by atoms with van der Waals surface area (Å²) in [6, 6.07) is 25.1. The predicted molar refractivity (Wildman–Crippen MR) is 137 cm³/mol. The fourth-order valence-corrected chi connectivity index (χ4v) is 4.49. The van der Waals surface area contributed by atoms with Gasteiger partial charge in [-0.05, 0) is 76.6 Å². The van der Waals surface area contributed by atoms with Crippen LogP contribution in [-0.2, 0) is 11.4 Å². The van der Waals surface area contributed by atoms with Crippen LogP contribution in [0, 0.1) is 5.82 Å². The zero-order valence-electron chi connectivity index (χ0n) is 17.8. The molecule has 1 saturated heterocycles. The Kier molecular flexibility index (Phi) is 6.34. The molecule has 1 heterocycles. The highest BCUT2D eigenvalue weighted by Crippen LogP contribution is 2.35. The molecule has 168 valence electrons. The Morgan fingerprint density at radius 1 is 0.971 bits per heavy atom. The van der Waals surface area contributed by atoms with Crippen LogP contribution in [0.1, 0.15) is 11.1 Å². The Hall–Kier alpha value is -3.61. The number of amides is 1. The molecule has 5 rings (SSSR count). The molecule has 0 spiro atoms.